The molecule has 94 valence electrons. The number of rotatable bonds is 6. The van der Waals surface area contributed by atoms with Gasteiger partial charge in [0.15, 0.2) is 0 Å². The first kappa shape index (κ1) is 13.5. The summed E-state index contributed by atoms with van der Waals surface area (Å²) in [4.78, 5) is 11.5. The molecule has 1 aliphatic carbocycles. The summed E-state index contributed by atoms with van der Waals surface area (Å²) in [5.41, 5.74) is 5.08. The van der Waals surface area contributed by atoms with Crippen LogP contribution in [-0.2, 0) is 4.79 Å². The van der Waals surface area contributed by atoms with E-state index in [-0.39, 0.29) is 6.54 Å². The summed E-state index contributed by atoms with van der Waals surface area (Å²) in [6.45, 7) is 4.42. The molecule has 0 aliphatic heterocycles. The maximum Gasteiger partial charge on any atom is 0.310 e. The summed E-state index contributed by atoms with van der Waals surface area (Å²) in [6, 6.07) is 0. The predicted octanol–water partition coefficient (Wildman–Crippen LogP) is 2.64. The molecule has 1 atom stereocenters. The first-order chi connectivity index (χ1) is 7.50. The first-order valence-corrected chi connectivity index (χ1v) is 6.43. The Hall–Kier alpha value is -0.570. The third-order valence-corrected chi connectivity index (χ3v) is 3.80. The van der Waals surface area contributed by atoms with Gasteiger partial charge < -0.3 is 10.8 Å². The van der Waals surface area contributed by atoms with E-state index in [1.165, 1.54) is 25.7 Å². The Balaban J connectivity index is 2.70. The van der Waals surface area contributed by atoms with Crippen molar-refractivity contribution < 1.29 is 9.90 Å². The van der Waals surface area contributed by atoms with E-state index in [1.54, 1.807) is 0 Å². The highest BCUT2D eigenvalue weighted by Crippen LogP contribution is 2.39. The molecule has 0 saturated heterocycles. The van der Waals surface area contributed by atoms with Crippen LogP contribution in [0.4, 0.5) is 0 Å². The molecule has 0 bridgehead atoms. The van der Waals surface area contributed by atoms with Gasteiger partial charge in [0.05, 0.1) is 5.41 Å². The van der Waals surface area contributed by atoms with Crippen LogP contribution in [0.25, 0.3) is 0 Å². The molecule has 3 heteroatoms. The van der Waals surface area contributed by atoms with Crippen LogP contribution in [0.3, 0.4) is 0 Å². The van der Waals surface area contributed by atoms with Gasteiger partial charge in [-0.05, 0) is 24.7 Å². The van der Waals surface area contributed by atoms with Crippen molar-refractivity contribution in [3.05, 3.63) is 0 Å². The van der Waals surface area contributed by atoms with Crippen molar-refractivity contribution >= 4 is 5.97 Å². The van der Waals surface area contributed by atoms with Gasteiger partial charge in [-0.1, -0.05) is 39.5 Å². The molecule has 16 heavy (non-hydrogen) atoms. The minimum atomic E-state index is -0.699. The summed E-state index contributed by atoms with van der Waals surface area (Å²) >= 11 is 0. The van der Waals surface area contributed by atoms with Crippen molar-refractivity contribution in [2.24, 2.45) is 23.0 Å². The number of carboxylic acids is 1. The predicted molar refractivity (Wildman–Crippen MR) is 65.2 cm³/mol. The molecule has 0 radical (unpaired) electrons. The van der Waals surface area contributed by atoms with Crippen LogP contribution in [-0.4, -0.2) is 17.6 Å². The van der Waals surface area contributed by atoms with Gasteiger partial charge in [-0.3, -0.25) is 4.79 Å². The molecular formula is C13H25NO2. The Bertz CT molecular complexity index is 234. The minimum absolute atomic E-state index is 0.275. The van der Waals surface area contributed by atoms with Crippen LogP contribution in [0.2, 0.25) is 0 Å². The number of hydrogen-bond acceptors (Lipinski definition) is 2. The molecule has 3 nitrogen and oxygen atoms in total. The third kappa shape index (κ3) is 3.21. The monoisotopic (exact) mass is 227 g/mol. The largest absolute Gasteiger partial charge is 0.481 e. The standard InChI is InChI=1S/C13H25NO2/c1-10(2)7-13(9-14,12(15)16)8-11-5-3-4-6-11/h10-11H,3-9,14H2,1-2H3,(H,15,16). The molecule has 1 unspecified atom stereocenters. The lowest BCUT2D eigenvalue weighted by Crippen LogP contribution is -2.41. The number of aliphatic carboxylic acids is 1. The highest BCUT2D eigenvalue weighted by Gasteiger charge is 2.40. The molecule has 0 spiro atoms. The molecule has 0 amide bonds. The van der Waals surface area contributed by atoms with Crippen molar-refractivity contribution in [1.29, 1.82) is 0 Å². The first-order valence-electron chi connectivity index (χ1n) is 6.43. The Kier molecular flexibility index (Phi) is 4.78. The van der Waals surface area contributed by atoms with Crippen molar-refractivity contribution in [2.75, 3.05) is 6.54 Å². The third-order valence-electron chi connectivity index (χ3n) is 3.80. The normalized spacial score (nSPS) is 21.2. The molecule has 0 aromatic heterocycles. The number of carboxylic acid groups (broad SMARTS) is 1. The Morgan fingerprint density at radius 1 is 1.44 bits per heavy atom. The van der Waals surface area contributed by atoms with Gasteiger partial charge in [-0.2, -0.15) is 0 Å². The fraction of sp³-hybridized carbons (Fsp3) is 0.923. The van der Waals surface area contributed by atoms with Gasteiger partial charge in [0.1, 0.15) is 0 Å². The maximum absolute atomic E-state index is 11.5. The van der Waals surface area contributed by atoms with E-state index in [0.29, 0.717) is 18.3 Å². The lowest BCUT2D eigenvalue weighted by atomic mass is 9.73. The average Bonchev–Trinajstić information content (AvgIpc) is 2.68. The molecule has 3 N–H and O–H groups in total. The quantitative estimate of drug-likeness (QED) is 0.733. The van der Waals surface area contributed by atoms with Crippen molar-refractivity contribution in [3.8, 4) is 0 Å². The van der Waals surface area contributed by atoms with Crippen LogP contribution < -0.4 is 5.73 Å². The Labute approximate surface area is 98.4 Å². The SMILES string of the molecule is CC(C)CC(CN)(CC1CCCC1)C(=O)O. The summed E-state index contributed by atoms with van der Waals surface area (Å²) in [5.74, 6) is 0.273. The average molecular weight is 227 g/mol. The molecule has 0 aromatic rings. The van der Waals surface area contributed by atoms with Crippen LogP contribution in [0, 0.1) is 17.3 Å². The van der Waals surface area contributed by atoms with Gasteiger partial charge in [0.25, 0.3) is 0 Å². The summed E-state index contributed by atoms with van der Waals surface area (Å²) in [6.07, 6.45) is 6.37. The number of hydrogen-bond donors (Lipinski definition) is 2. The van der Waals surface area contributed by atoms with Gasteiger partial charge in [-0.15, -0.1) is 0 Å². The van der Waals surface area contributed by atoms with Gasteiger partial charge in [-0.25, -0.2) is 0 Å². The topological polar surface area (TPSA) is 63.3 Å². The molecule has 0 heterocycles. The van der Waals surface area contributed by atoms with Gasteiger partial charge in [0, 0.05) is 6.54 Å². The summed E-state index contributed by atoms with van der Waals surface area (Å²) < 4.78 is 0. The fourth-order valence-corrected chi connectivity index (χ4v) is 3.06. The van der Waals surface area contributed by atoms with Crippen LogP contribution in [0.15, 0.2) is 0 Å². The second-order valence-corrected chi connectivity index (χ2v) is 5.74. The number of carbonyl (C=O) groups is 1. The van der Waals surface area contributed by atoms with Crippen LogP contribution in [0.1, 0.15) is 52.4 Å². The van der Waals surface area contributed by atoms with E-state index in [9.17, 15) is 9.90 Å². The number of nitrogens with two attached hydrogens (primary N) is 1. The molecule has 1 fully saturated rings. The van der Waals surface area contributed by atoms with Gasteiger partial charge >= 0.3 is 5.97 Å². The zero-order valence-corrected chi connectivity index (χ0v) is 10.5. The molecule has 1 saturated carbocycles. The summed E-state index contributed by atoms with van der Waals surface area (Å²) in [7, 11) is 0. The lowest BCUT2D eigenvalue weighted by Gasteiger charge is -2.32. The van der Waals surface area contributed by atoms with Crippen molar-refractivity contribution in [3.63, 3.8) is 0 Å². The van der Waals surface area contributed by atoms with Gasteiger partial charge in [0.2, 0.25) is 0 Å². The van der Waals surface area contributed by atoms with E-state index in [4.69, 9.17) is 5.73 Å². The lowest BCUT2D eigenvalue weighted by molar-refractivity contribution is -0.150. The van der Waals surface area contributed by atoms with E-state index in [0.717, 1.165) is 6.42 Å². The van der Waals surface area contributed by atoms with E-state index < -0.39 is 11.4 Å². The molecular weight excluding hydrogens is 202 g/mol. The van der Waals surface area contributed by atoms with Crippen LogP contribution >= 0.6 is 0 Å². The molecule has 1 rings (SSSR count). The second-order valence-electron chi connectivity index (χ2n) is 5.74. The molecule has 1 aliphatic rings. The second kappa shape index (κ2) is 5.67. The minimum Gasteiger partial charge on any atom is -0.481 e. The maximum atomic E-state index is 11.5. The zero-order chi connectivity index (χ0) is 12.2. The molecule has 0 aromatic carbocycles. The Morgan fingerprint density at radius 2 is 2.00 bits per heavy atom. The van der Waals surface area contributed by atoms with E-state index in [2.05, 4.69) is 13.8 Å². The van der Waals surface area contributed by atoms with E-state index in [1.807, 2.05) is 0 Å². The van der Waals surface area contributed by atoms with Crippen molar-refractivity contribution in [1.82, 2.24) is 0 Å². The Morgan fingerprint density at radius 3 is 2.38 bits per heavy atom. The van der Waals surface area contributed by atoms with Crippen LogP contribution in [0.5, 0.6) is 0 Å². The fourth-order valence-electron chi connectivity index (χ4n) is 3.06. The van der Waals surface area contributed by atoms with E-state index >= 15 is 0 Å². The zero-order valence-electron chi connectivity index (χ0n) is 10.5. The highest BCUT2D eigenvalue weighted by molar-refractivity contribution is 5.75. The summed E-state index contributed by atoms with van der Waals surface area (Å²) in [5, 5.41) is 9.45. The highest BCUT2D eigenvalue weighted by atomic mass is 16.4. The smallest absolute Gasteiger partial charge is 0.310 e. The van der Waals surface area contributed by atoms with Crippen molar-refractivity contribution in [2.45, 2.75) is 52.4 Å².